The van der Waals surface area contributed by atoms with Gasteiger partial charge in [-0.1, -0.05) is 0 Å². The van der Waals surface area contributed by atoms with Crippen LogP contribution in [-0.4, -0.2) is 54.1 Å². The van der Waals surface area contributed by atoms with Crippen molar-refractivity contribution in [3.05, 3.63) is 0 Å². The first-order chi connectivity index (χ1) is 9.43. The molecule has 0 unspecified atom stereocenters. The molecule has 0 bridgehead atoms. The van der Waals surface area contributed by atoms with Gasteiger partial charge in [0.1, 0.15) is 0 Å². The summed E-state index contributed by atoms with van der Waals surface area (Å²) in [7, 11) is 1.32. The first-order valence-electron chi connectivity index (χ1n) is 6.32. The third kappa shape index (κ3) is 4.87. The molecule has 0 saturated carbocycles. The van der Waals surface area contributed by atoms with Crippen LogP contribution >= 0.6 is 0 Å². The fourth-order valence-corrected chi connectivity index (χ4v) is 1.97. The summed E-state index contributed by atoms with van der Waals surface area (Å²) in [5.41, 5.74) is 0. The number of carbonyl (C=O) groups excluding carboxylic acids is 3. The van der Waals surface area contributed by atoms with Gasteiger partial charge in [-0.3, -0.25) is 19.7 Å². The Kier molecular flexibility index (Phi) is 5.95. The molecule has 1 heterocycles. The van der Waals surface area contributed by atoms with Crippen molar-refractivity contribution < 1.29 is 29.0 Å². The van der Waals surface area contributed by atoms with Crippen LogP contribution in [-0.2, 0) is 19.1 Å². The number of methoxy groups -OCH3 is 1. The van der Waals surface area contributed by atoms with Crippen molar-refractivity contribution in [3.63, 3.8) is 0 Å². The molecule has 2 N–H and O–H groups in total. The number of carboxylic acid groups (broad SMARTS) is 1. The Bertz CT molecular complexity index is 401. The standard InChI is InChI=1S/C12H18N2O6/c1-20-11(18)8-4-6-14(7-5-8)12(19)13-9(15)2-3-10(16)17/h8H,2-7H2,1H3,(H,16,17)(H,13,15,19). The minimum absolute atomic E-state index is 0.216. The van der Waals surface area contributed by atoms with Crippen LogP contribution in [0.2, 0.25) is 0 Å². The lowest BCUT2D eigenvalue weighted by atomic mass is 9.97. The number of aliphatic carboxylic acids is 1. The maximum Gasteiger partial charge on any atom is 0.324 e. The van der Waals surface area contributed by atoms with E-state index in [1.54, 1.807) is 0 Å². The zero-order chi connectivity index (χ0) is 15.1. The topological polar surface area (TPSA) is 113 Å². The van der Waals surface area contributed by atoms with Crippen LogP contribution in [0.4, 0.5) is 4.79 Å². The van der Waals surface area contributed by atoms with Gasteiger partial charge in [-0.05, 0) is 12.8 Å². The lowest BCUT2D eigenvalue weighted by Gasteiger charge is -2.30. The predicted octanol–water partition coefficient (Wildman–Crippen LogP) is -0.0276. The summed E-state index contributed by atoms with van der Waals surface area (Å²) in [6, 6.07) is -0.552. The second kappa shape index (κ2) is 7.46. The molecule has 8 heteroatoms. The van der Waals surface area contributed by atoms with E-state index in [9.17, 15) is 19.2 Å². The smallest absolute Gasteiger partial charge is 0.324 e. The van der Waals surface area contributed by atoms with Gasteiger partial charge >= 0.3 is 18.0 Å². The second-order valence-electron chi connectivity index (χ2n) is 4.53. The molecule has 112 valence electrons. The highest BCUT2D eigenvalue weighted by Crippen LogP contribution is 2.18. The van der Waals surface area contributed by atoms with Crippen molar-refractivity contribution in [3.8, 4) is 0 Å². The van der Waals surface area contributed by atoms with E-state index >= 15 is 0 Å². The lowest BCUT2D eigenvalue weighted by molar-refractivity contribution is -0.146. The van der Waals surface area contributed by atoms with Crippen LogP contribution < -0.4 is 5.32 Å². The van der Waals surface area contributed by atoms with Gasteiger partial charge in [0.05, 0.1) is 19.4 Å². The average Bonchev–Trinajstić information content (AvgIpc) is 2.44. The number of carbonyl (C=O) groups is 4. The van der Waals surface area contributed by atoms with E-state index in [-0.39, 0.29) is 24.7 Å². The molecule has 1 fully saturated rings. The number of likely N-dealkylation sites (tertiary alicyclic amines) is 1. The van der Waals surface area contributed by atoms with Gasteiger partial charge in [0.25, 0.3) is 0 Å². The Labute approximate surface area is 116 Å². The van der Waals surface area contributed by atoms with Crippen LogP contribution in [0.15, 0.2) is 0 Å². The molecular weight excluding hydrogens is 268 g/mol. The Morgan fingerprint density at radius 2 is 1.80 bits per heavy atom. The fraction of sp³-hybridized carbons (Fsp3) is 0.667. The fourth-order valence-electron chi connectivity index (χ4n) is 1.97. The number of hydrogen-bond acceptors (Lipinski definition) is 5. The first kappa shape index (κ1) is 15.9. The molecule has 8 nitrogen and oxygen atoms in total. The van der Waals surface area contributed by atoms with Crippen molar-refractivity contribution in [2.75, 3.05) is 20.2 Å². The number of hydrogen-bond donors (Lipinski definition) is 2. The van der Waals surface area contributed by atoms with Crippen molar-refractivity contribution in [2.45, 2.75) is 25.7 Å². The number of nitrogens with one attached hydrogen (secondary N) is 1. The van der Waals surface area contributed by atoms with Gasteiger partial charge in [0.15, 0.2) is 0 Å². The molecule has 0 radical (unpaired) electrons. The molecule has 0 spiro atoms. The number of imide groups is 1. The largest absolute Gasteiger partial charge is 0.481 e. The molecule has 0 aromatic heterocycles. The SMILES string of the molecule is COC(=O)C1CCN(C(=O)NC(=O)CCC(=O)O)CC1. The molecule has 1 aliphatic rings. The van der Waals surface area contributed by atoms with E-state index in [4.69, 9.17) is 5.11 Å². The number of urea groups is 1. The Balaban J connectivity index is 2.34. The Morgan fingerprint density at radius 1 is 1.20 bits per heavy atom. The predicted molar refractivity (Wildman–Crippen MR) is 66.7 cm³/mol. The van der Waals surface area contributed by atoms with E-state index in [0.29, 0.717) is 25.9 Å². The first-order valence-corrected chi connectivity index (χ1v) is 6.32. The van der Waals surface area contributed by atoms with Crippen LogP contribution in [0.25, 0.3) is 0 Å². The highest BCUT2D eigenvalue weighted by atomic mass is 16.5. The summed E-state index contributed by atoms with van der Waals surface area (Å²) in [5, 5.41) is 10.6. The molecule has 1 saturated heterocycles. The van der Waals surface area contributed by atoms with E-state index < -0.39 is 17.9 Å². The molecular formula is C12H18N2O6. The van der Waals surface area contributed by atoms with Crippen LogP contribution in [0.3, 0.4) is 0 Å². The number of esters is 1. The van der Waals surface area contributed by atoms with Gasteiger partial charge in [-0.2, -0.15) is 0 Å². The van der Waals surface area contributed by atoms with E-state index in [1.165, 1.54) is 12.0 Å². The van der Waals surface area contributed by atoms with Crippen LogP contribution in [0, 0.1) is 5.92 Å². The number of piperidine rings is 1. The molecule has 1 rings (SSSR count). The minimum atomic E-state index is -1.09. The van der Waals surface area contributed by atoms with Crippen LogP contribution in [0.1, 0.15) is 25.7 Å². The summed E-state index contributed by atoms with van der Waals surface area (Å²) < 4.78 is 4.64. The molecule has 0 aromatic carbocycles. The Hall–Kier alpha value is -2.12. The van der Waals surface area contributed by atoms with E-state index in [0.717, 1.165) is 0 Å². The molecule has 0 aromatic rings. The maximum absolute atomic E-state index is 11.7. The molecule has 20 heavy (non-hydrogen) atoms. The number of amides is 3. The van der Waals surface area contributed by atoms with Crippen molar-refractivity contribution in [1.29, 1.82) is 0 Å². The highest BCUT2D eigenvalue weighted by Gasteiger charge is 2.28. The summed E-state index contributed by atoms with van der Waals surface area (Å²) in [4.78, 5) is 46.1. The molecule has 0 aliphatic carbocycles. The molecule has 1 aliphatic heterocycles. The van der Waals surface area contributed by atoms with Crippen LogP contribution in [0.5, 0.6) is 0 Å². The third-order valence-electron chi connectivity index (χ3n) is 3.13. The third-order valence-corrected chi connectivity index (χ3v) is 3.13. The second-order valence-corrected chi connectivity index (χ2v) is 4.53. The lowest BCUT2D eigenvalue weighted by Crippen LogP contribution is -2.47. The normalized spacial score (nSPS) is 15.6. The molecule has 3 amide bonds. The summed E-state index contributed by atoms with van der Waals surface area (Å²) in [6.45, 7) is 0.718. The van der Waals surface area contributed by atoms with Gasteiger partial charge in [-0.15, -0.1) is 0 Å². The van der Waals surface area contributed by atoms with Crippen molar-refractivity contribution in [2.24, 2.45) is 5.92 Å². The minimum Gasteiger partial charge on any atom is -0.481 e. The molecule has 0 atom stereocenters. The summed E-state index contributed by atoms with van der Waals surface area (Å²) in [5.74, 6) is -2.21. The summed E-state index contributed by atoms with van der Waals surface area (Å²) in [6.07, 6.45) is 0.427. The number of carboxylic acids is 1. The zero-order valence-electron chi connectivity index (χ0n) is 11.3. The van der Waals surface area contributed by atoms with Gasteiger partial charge < -0.3 is 14.7 Å². The van der Waals surface area contributed by atoms with Gasteiger partial charge in [0.2, 0.25) is 5.91 Å². The number of ether oxygens (including phenoxy) is 1. The Morgan fingerprint density at radius 3 is 2.30 bits per heavy atom. The van der Waals surface area contributed by atoms with E-state index in [2.05, 4.69) is 10.1 Å². The van der Waals surface area contributed by atoms with Crippen molar-refractivity contribution >= 4 is 23.9 Å². The number of rotatable bonds is 4. The van der Waals surface area contributed by atoms with E-state index in [1.807, 2.05) is 0 Å². The summed E-state index contributed by atoms with van der Waals surface area (Å²) >= 11 is 0. The monoisotopic (exact) mass is 286 g/mol. The quantitative estimate of drug-likeness (QED) is 0.702. The maximum atomic E-state index is 11.7. The van der Waals surface area contributed by atoms with Gasteiger partial charge in [-0.25, -0.2) is 4.79 Å². The zero-order valence-corrected chi connectivity index (χ0v) is 11.3. The average molecular weight is 286 g/mol. The van der Waals surface area contributed by atoms with Gasteiger partial charge in [0, 0.05) is 19.5 Å². The van der Waals surface area contributed by atoms with Crippen molar-refractivity contribution in [1.82, 2.24) is 10.2 Å². The highest BCUT2D eigenvalue weighted by molar-refractivity contribution is 5.95. The number of nitrogens with zero attached hydrogens (tertiary/aromatic N) is 1.